The summed E-state index contributed by atoms with van der Waals surface area (Å²) in [5, 5.41) is 3.56. The summed E-state index contributed by atoms with van der Waals surface area (Å²) in [6, 6.07) is 0. The topological polar surface area (TPSA) is 81.4 Å². The van der Waals surface area contributed by atoms with E-state index in [9.17, 15) is 9.59 Å². The number of hydrogen-bond acceptors (Lipinski definition) is 4. The first kappa shape index (κ1) is 10.7. The molecule has 0 aliphatic carbocycles. The Morgan fingerprint density at radius 2 is 2.29 bits per heavy atom. The van der Waals surface area contributed by atoms with Gasteiger partial charge in [0.05, 0.1) is 5.56 Å². The van der Waals surface area contributed by atoms with E-state index in [0.29, 0.717) is 5.56 Å². The van der Waals surface area contributed by atoms with Crippen LogP contribution >= 0.6 is 11.3 Å². The Hall–Kier alpha value is -1.40. The third-order valence-electron chi connectivity index (χ3n) is 1.48. The number of hydrogen-bond donors (Lipinski definition) is 2. The third-order valence-corrected chi connectivity index (χ3v) is 2.34. The highest BCUT2D eigenvalue weighted by Crippen LogP contribution is 2.12. The SMILES string of the molecule is Cc1cscc1C(=O)NOCC(N)=O. The van der Waals surface area contributed by atoms with Crippen molar-refractivity contribution in [2.75, 3.05) is 6.61 Å². The molecule has 6 heteroatoms. The van der Waals surface area contributed by atoms with Crippen molar-refractivity contribution in [1.82, 2.24) is 5.48 Å². The molecule has 76 valence electrons. The first-order chi connectivity index (χ1) is 6.61. The maximum atomic E-state index is 11.3. The highest BCUT2D eigenvalue weighted by molar-refractivity contribution is 7.08. The highest BCUT2D eigenvalue weighted by atomic mass is 32.1. The van der Waals surface area contributed by atoms with Crippen LogP contribution in [-0.4, -0.2) is 18.4 Å². The van der Waals surface area contributed by atoms with Crippen LogP contribution in [0, 0.1) is 6.92 Å². The molecule has 0 spiro atoms. The number of hydroxylamine groups is 1. The Bertz CT molecular complexity index is 348. The summed E-state index contributed by atoms with van der Waals surface area (Å²) in [5.41, 5.74) is 8.35. The molecule has 1 aromatic heterocycles. The minimum absolute atomic E-state index is 0.324. The summed E-state index contributed by atoms with van der Waals surface area (Å²) in [7, 11) is 0. The number of aryl methyl sites for hydroxylation is 1. The Labute approximate surface area is 84.8 Å². The Balaban J connectivity index is 2.44. The van der Waals surface area contributed by atoms with Gasteiger partial charge in [-0.15, -0.1) is 0 Å². The van der Waals surface area contributed by atoms with E-state index in [4.69, 9.17) is 5.73 Å². The van der Waals surface area contributed by atoms with Crippen LogP contribution in [0.4, 0.5) is 0 Å². The molecule has 0 unspecified atom stereocenters. The second kappa shape index (κ2) is 4.73. The summed E-state index contributed by atoms with van der Waals surface area (Å²) < 4.78 is 0. The number of carbonyl (C=O) groups is 2. The van der Waals surface area contributed by atoms with Gasteiger partial charge in [-0.05, 0) is 17.9 Å². The molecule has 0 radical (unpaired) electrons. The van der Waals surface area contributed by atoms with Gasteiger partial charge >= 0.3 is 0 Å². The van der Waals surface area contributed by atoms with Crippen LogP contribution in [0.15, 0.2) is 10.8 Å². The second-order valence-electron chi connectivity index (χ2n) is 2.65. The molecule has 0 fully saturated rings. The lowest BCUT2D eigenvalue weighted by atomic mass is 10.2. The van der Waals surface area contributed by atoms with Gasteiger partial charge in [0.25, 0.3) is 5.91 Å². The molecule has 2 amide bonds. The van der Waals surface area contributed by atoms with Crippen LogP contribution in [-0.2, 0) is 9.63 Å². The fourth-order valence-corrected chi connectivity index (χ4v) is 1.65. The first-order valence-corrected chi connectivity index (χ1v) is 4.78. The van der Waals surface area contributed by atoms with Crippen LogP contribution < -0.4 is 11.2 Å². The summed E-state index contributed by atoms with van der Waals surface area (Å²) in [5.74, 6) is -1.00. The predicted molar refractivity (Wildman–Crippen MR) is 51.7 cm³/mol. The molecule has 0 aliphatic heterocycles. The van der Waals surface area contributed by atoms with Crippen molar-refractivity contribution in [3.63, 3.8) is 0 Å². The largest absolute Gasteiger partial charge is 0.368 e. The smallest absolute Gasteiger partial charge is 0.275 e. The maximum Gasteiger partial charge on any atom is 0.275 e. The van der Waals surface area contributed by atoms with Crippen molar-refractivity contribution in [3.8, 4) is 0 Å². The zero-order valence-electron chi connectivity index (χ0n) is 7.57. The Morgan fingerprint density at radius 3 is 2.79 bits per heavy atom. The van der Waals surface area contributed by atoms with Crippen LogP contribution in [0.3, 0.4) is 0 Å². The molecular formula is C8H10N2O3S. The zero-order valence-corrected chi connectivity index (χ0v) is 8.39. The quantitative estimate of drug-likeness (QED) is 0.702. The monoisotopic (exact) mass is 214 g/mol. The molecule has 3 N–H and O–H groups in total. The molecule has 0 atom stereocenters. The van der Waals surface area contributed by atoms with Gasteiger partial charge in [0.1, 0.15) is 0 Å². The highest BCUT2D eigenvalue weighted by Gasteiger charge is 2.09. The van der Waals surface area contributed by atoms with Crippen molar-refractivity contribution in [1.29, 1.82) is 0 Å². The molecule has 0 saturated heterocycles. The lowest BCUT2D eigenvalue weighted by Gasteiger charge is -2.02. The van der Waals surface area contributed by atoms with Crippen molar-refractivity contribution < 1.29 is 14.4 Å². The van der Waals surface area contributed by atoms with E-state index in [1.165, 1.54) is 11.3 Å². The van der Waals surface area contributed by atoms with Gasteiger partial charge in [-0.3, -0.25) is 14.4 Å². The van der Waals surface area contributed by atoms with Crippen LogP contribution in [0.1, 0.15) is 15.9 Å². The normalized spacial score (nSPS) is 9.79. The standard InChI is InChI=1S/C8H10N2O3S/c1-5-3-14-4-6(5)8(12)10-13-2-7(9)11/h3-4H,2H2,1H3,(H2,9,11)(H,10,12). The summed E-state index contributed by atoms with van der Waals surface area (Å²) in [6.45, 7) is 1.49. The fourth-order valence-electron chi connectivity index (χ4n) is 0.821. The number of nitrogens with one attached hydrogen (secondary N) is 1. The minimum Gasteiger partial charge on any atom is -0.368 e. The fraction of sp³-hybridized carbons (Fsp3) is 0.250. The molecule has 14 heavy (non-hydrogen) atoms. The molecule has 0 bridgehead atoms. The Morgan fingerprint density at radius 1 is 1.57 bits per heavy atom. The predicted octanol–water partition coefficient (Wildman–Crippen LogP) is 0.203. The van der Waals surface area contributed by atoms with Crippen molar-refractivity contribution in [2.24, 2.45) is 5.73 Å². The maximum absolute atomic E-state index is 11.3. The summed E-state index contributed by atoms with van der Waals surface area (Å²) in [6.07, 6.45) is 0. The summed E-state index contributed by atoms with van der Waals surface area (Å²) in [4.78, 5) is 26.2. The number of amides is 2. The van der Waals surface area contributed by atoms with E-state index >= 15 is 0 Å². The zero-order chi connectivity index (χ0) is 10.6. The number of nitrogens with two attached hydrogens (primary N) is 1. The average molecular weight is 214 g/mol. The molecule has 5 nitrogen and oxygen atoms in total. The van der Waals surface area contributed by atoms with Crippen molar-refractivity contribution >= 4 is 23.2 Å². The molecule has 1 aromatic rings. The lowest BCUT2D eigenvalue weighted by molar-refractivity contribution is -0.124. The number of primary amides is 1. The van der Waals surface area contributed by atoms with E-state index in [0.717, 1.165) is 5.56 Å². The number of rotatable bonds is 4. The van der Waals surface area contributed by atoms with E-state index in [-0.39, 0.29) is 12.5 Å². The number of thiophene rings is 1. The van der Waals surface area contributed by atoms with Crippen molar-refractivity contribution in [3.05, 3.63) is 21.9 Å². The second-order valence-corrected chi connectivity index (χ2v) is 3.40. The molecule has 0 aromatic carbocycles. The van der Waals surface area contributed by atoms with E-state index in [1.54, 1.807) is 5.38 Å². The van der Waals surface area contributed by atoms with Crippen LogP contribution in [0.25, 0.3) is 0 Å². The van der Waals surface area contributed by atoms with Crippen LogP contribution in [0.5, 0.6) is 0 Å². The first-order valence-electron chi connectivity index (χ1n) is 3.84. The molecular weight excluding hydrogens is 204 g/mol. The van der Waals surface area contributed by atoms with Gasteiger partial charge in [-0.2, -0.15) is 11.3 Å². The van der Waals surface area contributed by atoms with E-state index in [1.807, 2.05) is 12.3 Å². The summed E-state index contributed by atoms with van der Waals surface area (Å²) >= 11 is 1.43. The van der Waals surface area contributed by atoms with Crippen molar-refractivity contribution in [2.45, 2.75) is 6.92 Å². The average Bonchev–Trinajstić information content (AvgIpc) is 2.50. The number of carbonyl (C=O) groups excluding carboxylic acids is 2. The molecule has 0 aliphatic rings. The van der Waals surface area contributed by atoms with Gasteiger partial charge < -0.3 is 5.73 Å². The third kappa shape index (κ3) is 2.82. The van der Waals surface area contributed by atoms with E-state index in [2.05, 4.69) is 10.3 Å². The van der Waals surface area contributed by atoms with Gasteiger partial charge in [-0.1, -0.05) is 0 Å². The van der Waals surface area contributed by atoms with Gasteiger partial charge in [0.15, 0.2) is 6.61 Å². The lowest BCUT2D eigenvalue weighted by Crippen LogP contribution is -2.29. The van der Waals surface area contributed by atoms with Gasteiger partial charge in [0.2, 0.25) is 5.91 Å². The Kier molecular flexibility index (Phi) is 3.61. The van der Waals surface area contributed by atoms with Crippen LogP contribution in [0.2, 0.25) is 0 Å². The minimum atomic E-state index is -0.632. The van der Waals surface area contributed by atoms with Gasteiger partial charge in [-0.25, -0.2) is 5.48 Å². The molecule has 1 rings (SSSR count). The molecule has 1 heterocycles. The van der Waals surface area contributed by atoms with Gasteiger partial charge in [0, 0.05) is 5.38 Å². The molecule has 0 saturated carbocycles. The van der Waals surface area contributed by atoms with E-state index < -0.39 is 5.91 Å².